The van der Waals surface area contributed by atoms with Crippen LogP contribution in [0.5, 0.6) is 0 Å². The molecule has 0 saturated heterocycles. The van der Waals surface area contributed by atoms with E-state index in [9.17, 15) is 18.0 Å². The van der Waals surface area contributed by atoms with Crippen molar-refractivity contribution in [3.8, 4) is 0 Å². The van der Waals surface area contributed by atoms with Crippen LogP contribution in [-0.4, -0.2) is 49.9 Å². The third-order valence-electron chi connectivity index (χ3n) is 2.48. The van der Waals surface area contributed by atoms with Crippen molar-refractivity contribution in [1.82, 2.24) is 0 Å². The summed E-state index contributed by atoms with van der Waals surface area (Å²) in [6, 6.07) is 3.64. The van der Waals surface area contributed by atoms with Gasteiger partial charge in [-0.25, -0.2) is 13.9 Å². The molecule has 0 amide bonds. The Labute approximate surface area is 120 Å². The minimum Gasteiger partial charge on any atom is -0.480 e. The lowest BCUT2D eigenvalue weighted by molar-refractivity contribution is -0.136. The highest BCUT2D eigenvalue weighted by atomic mass is 32.2. The third-order valence-corrected chi connectivity index (χ3v) is 3.61. The predicted molar refractivity (Wildman–Crippen MR) is 71.8 cm³/mol. The highest BCUT2D eigenvalue weighted by Crippen LogP contribution is 2.29. The monoisotopic (exact) mass is 315 g/mol. The minimum absolute atomic E-state index is 0.104. The van der Waals surface area contributed by atoms with Gasteiger partial charge in [0.2, 0.25) is 0 Å². The van der Waals surface area contributed by atoms with Crippen molar-refractivity contribution in [2.24, 2.45) is 5.11 Å². The van der Waals surface area contributed by atoms with Crippen LogP contribution in [0.15, 0.2) is 28.2 Å². The Balaban J connectivity index is 3.35. The molecule has 0 heterocycles. The molecule has 0 unspecified atom stereocenters. The van der Waals surface area contributed by atoms with Crippen LogP contribution in [0.1, 0.15) is 0 Å². The molecule has 0 aliphatic carbocycles. The number of carbonyl (C=O) groups is 2. The number of benzene rings is 1. The van der Waals surface area contributed by atoms with Gasteiger partial charge in [0.05, 0.1) is 4.90 Å². The Bertz CT molecular complexity index is 669. The molecule has 10 heteroatoms. The van der Waals surface area contributed by atoms with Crippen molar-refractivity contribution in [2.45, 2.75) is 4.90 Å². The second-order valence-corrected chi connectivity index (χ2v) is 6.16. The number of nitrogens with zero attached hydrogens (tertiary/aromatic N) is 2. The summed E-state index contributed by atoms with van der Waals surface area (Å²) in [5.74, 6) is -2.52. The SMILES string of the molecule is CS(=O)(=O)c1cc(N(CC(=O)O)CC(=O)O)ccc1N=N. The number of hydrogen-bond donors (Lipinski definition) is 3. The van der Waals surface area contributed by atoms with Gasteiger partial charge < -0.3 is 15.1 Å². The number of anilines is 1. The highest BCUT2D eigenvalue weighted by molar-refractivity contribution is 7.90. The minimum atomic E-state index is -3.69. The first-order valence-corrected chi connectivity index (χ1v) is 7.44. The number of hydrogen-bond acceptors (Lipinski definition) is 7. The Morgan fingerprint density at radius 2 is 1.76 bits per heavy atom. The van der Waals surface area contributed by atoms with Crippen LogP contribution in [0, 0.1) is 5.53 Å². The van der Waals surface area contributed by atoms with E-state index in [2.05, 4.69) is 5.11 Å². The predicted octanol–water partition coefficient (Wildman–Crippen LogP) is 0.728. The molecule has 0 saturated carbocycles. The smallest absolute Gasteiger partial charge is 0.323 e. The van der Waals surface area contributed by atoms with Crippen molar-refractivity contribution >= 4 is 33.2 Å². The van der Waals surface area contributed by atoms with Crippen LogP contribution in [-0.2, 0) is 19.4 Å². The fourth-order valence-electron chi connectivity index (χ4n) is 1.65. The lowest BCUT2D eigenvalue weighted by atomic mass is 10.2. The normalized spacial score (nSPS) is 10.9. The number of rotatable bonds is 7. The first-order valence-electron chi connectivity index (χ1n) is 5.55. The summed E-state index contributed by atoms with van der Waals surface area (Å²) in [6.45, 7) is -1.21. The van der Waals surface area contributed by atoms with Crippen LogP contribution in [0.2, 0.25) is 0 Å². The quantitative estimate of drug-likeness (QED) is 0.628. The Kier molecular flexibility index (Phi) is 4.97. The largest absolute Gasteiger partial charge is 0.480 e. The molecule has 0 spiro atoms. The Morgan fingerprint density at radius 3 is 2.14 bits per heavy atom. The average molecular weight is 315 g/mol. The van der Waals surface area contributed by atoms with Crippen molar-refractivity contribution in [2.75, 3.05) is 24.2 Å². The third kappa shape index (κ3) is 4.53. The number of nitrogens with one attached hydrogen (secondary N) is 1. The van der Waals surface area contributed by atoms with E-state index in [1.54, 1.807) is 0 Å². The van der Waals surface area contributed by atoms with Crippen LogP contribution < -0.4 is 4.90 Å². The number of aliphatic carboxylic acids is 2. The number of carboxylic acids is 2. The molecular weight excluding hydrogens is 302 g/mol. The maximum Gasteiger partial charge on any atom is 0.323 e. The molecule has 0 aromatic heterocycles. The molecule has 1 rings (SSSR count). The summed E-state index contributed by atoms with van der Waals surface area (Å²) >= 11 is 0. The summed E-state index contributed by atoms with van der Waals surface area (Å²) in [4.78, 5) is 22.3. The van der Waals surface area contributed by atoms with Gasteiger partial charge in [-0.2, -0.15) is 5.11 Å². The van der Waals surface area contributed by atoms with Crippen LogP contribution in [0.3, 0.4) is 0 Å². The summed E-state index contributed by atoms with van der Waals surface area (Å²) in [5.41, 5.74) is 6.93. The molecule has 0 aliphatic heterocycles. The maximum atomic E-state index is 11.6. The van der Waals surface area contributed by atoms with E-state index in [1.807, 2.05) is 0 Å². The van der Waals surface area contributed by atoms with Gasteiger partial charge in [0.15, 0.2) is 9.84 Å². The molecule has 0 atom stereocenters. The van der Waals surface area contributed by atoms with Gasteiger partial charge in [0.1, 0.15) is 18.8 Å². The van der Waals surface area contributed by atoms with E-state index < -0.39 is 34.9 Å². The molecule has 1 aromatic carbocycles. The highest BCUT2D eigenvalue weighted by Gasteiger charge is 2.19. The van der Waals surface area contributed by atoms with Crippen molar-refractivity contribution in [1.29, 1.82) is 5.53 Å². The van der Waals surface area contributed by atoms with Gasteiger partial charge in [0.25, 0.3) is 0 Å². The lowest BCUT2D eigenvalue weighted by Crippen LogP contribution is -2.34. The molecular formula is C11H13N3O6S. The first kappa shape index (κ1) is 16.6. The molecule has 0 fully saturated rings. The summed E-state index contributed by atoms with van der Waals surface area (Å²) < 4.78 is 23.3. The van der Waals surface area contributed by atoms with Gasteiger partial charge in [-0.3, -0.25) is 9.59 Å². The second-order valence-electron chi connectivity index (χ2n) is 4.18. The van der Waals surface area contributed by atoms with Crippen molar-refractivity contribution < 1.29 is 28.2 Å². The van der Waals surface area contributed by atoms with Crippen molar-refractivity contribution in [3.05, 3.63) is 18.2 Å². The van der Waals surface area contributed by atoms with Gasteiger partial charge in [0, 0.05) is 11.9 Å². The Morgan fingerprint density at radius 1 is 1.24 bits per heavy atom. The van der Waals surface area contributed by atoms with Crippen molar-refractivity contribution in [3.63, 3.8) is 0 Å². The van der Waals surface area contributed by atoms with E-state index in [4.69, 9.17) is 15.7 Å². The maximum absolute atomic E-state index is 11.6. The van der Waals surface area contributed by atoms with E-state index in [1.165, 1.54) is 12.1 Å². The molecule has 9 nitrogen and oxygen atoms in total. The zero-order valence-electron chi connectivity index (χ0n) is 11.0. The second kappa shape index (κ2) is 6.31. The van der Waals surface area contributed by atoms with Gasteiger partial charge in [-0.1, -0.05) is 0 Å². The summed E-state index contributed by atoms with van der Waals surface area (Å²) in [7, 11) is -3.69. The topological polar surface area (TPSA) is 148 Å². The van der Waals surface area contributed by atoms with E-state index >= 15 is 0 Å². The fourth-order valence-corrected chi connectivity index (χ4v) is 2.48. The van der Waals surface area contributed by atoms with Gasteiger partial charge >= 0.3 is 11.9 Å². The zero-order valence-corrected chi connectivity index (χ0v) is 11.8. The standard InChI is InChI=1S/C11H13N3O6S/c1-21(19,20)9-4-7(2-3-8(9)13-12)14(5-10(15)16)6-11(17)18/h2-4,12H,5-6H2,1H3,(H,15,16)(H,17,18). The fraction of sp³-hybridized carbons (Fsp3) is 0.273. The zero-order chi connectivity index (χ0) is 16.2. The summed E-state index contributed by atoms with van der Waals surface area (Å²) in [6.07, 6.45) is 0.916. The van der Waals surface area contributed by atoms with Crippen LogP contribution >= 0.6 is 0 Å². The molecule has 0 radical (unpaired) electrons. The Hall–Kier alpha value is -2.49. The number of sulfone groups is 1. The lowest BCUT2D eigenvalue weighted by Gasteiger charge is -2.21. The molecule has 21 heavy (non-hydrogen) atoms. The summed E-state index contributed by atoms with van der Waals surface area (Å²) in [5, 5.41) is 20.7. The molecule has 114 valence electrons. The molecule has 0 aliphatic rings. The molecule has 3 N–H and O–H groups in total. The molecule has 0 bridgehead atoms. The van der Waals surface area contributed by atoms with Crippen LogP contribution in [0.4, 0.5) is 11.4 Å². The van der Waals surface area contributed by atoms with E-state index in [0.717, 1.165) is 17.2 Å². The van der Waals surface area contributed by atoms with E-state index in [-0.39, 0.29) is 16.3 Å². The van der Waals surface area contributed by atoms with Gasteiger partial charge in [-0.05, 0) is 18.2 Å². The van der Waals surface area contributed by atoms with Crippen LogP contribution in [0.25, 0.3) is 0 Å². The number of carboxylic acid groups (broad SMARTS) is 2. The van der Waals surface area contributed by atoms with Gasteiger partial charge in [-0.15, -0.1) is 0 Å². The molecule has 1 aromatic rings. The van der Waals surface area contributed by atoms with E-state index in [0.29, 0.717) is 0 Å². The average Bonchev–Trinajstić information content (AvgIpc) is 2.35. The first-order chi connectivity index (χ1) is 9.65.